The van der Waals surface area contributed by atoms with E-state index in [-0.39, 0.29) is 6.04 Å². The maximum Gasteiger partial charge on any atom is 0.174 e. The molecule has 31 heavy (non-hydrogen) atoms. The molecule has 4 aromatic rings. The highest BCUT2D eigenvalue weighted by Gasteiger charge is 2.31. The van der Waals surface area contributed by atoms with E-state index < -0.39 is 0 Å². The molecule has 0 saturated carbocycles. The monoisotopic (exact) mass is 430 g/mol. The van der Waals surface area contributed by atoms with E-state index in [4.69, 9.17) is 0 Å². The van der Waals surface area contributed by atoms with Crippen molar-refractivity contribution in [3.05, 3.63) is 100 Å². The zero-order valence-electron chi connectivity index (χ0n) is 17.4. The molecule has 1 fully saturated rings. The lowest BCUT2D eigenvalue weighted by molar-refractivity contribution is 0.101. The number of hydrogen-bond donors (Lipinski definition) is 0. The number of rotatable bonds is 7. The van der Waals surface area contributed by atoms with Crippen molar-refractivity contribution in [3.8, 4) is 0 Å². The minimum absolute atomic E-state index is 0.0811. The summed E-state index contributed by atoms with van der Waals surface area (Å²) < 4.78 is 1.95. The Bertz CT molecular complexity index is 1060. The van der Waals surface area contributed by atoms with E-state index >= 15 is 0 Å². The third kappa shape index (κ3) is 4.74. The summed E-state index contributed by atoms with van der Waals surface area (Å²) in [4.78, 5) is 6.35. The van der Waals surface area contributed by atoms with Crippen molar-refractivity contribution in [2.45, 2.75) is 19.1 Å². The normalized spacial score (nSPS) is 16.4. The van der Waals surface area contributed by atoms with Crippen LogP contribution in [0.3, 0.4) is 0 Å². The van der Waals surface area contributed by atoms with E-state index in [1.807, 2.05) is 10.7 Å². The average Bonchev–Trinajstić information content (AvgIpc) is 3.50. The molecule has 158 valence electrons. The second-order valence-corrected chi connectivity index (χ2v) is 8.88. The Morgan fingerprint density at radius 3 is 2.10 bits per heavy atom. The smallest absolute Gasteiger partial charge is 0.174 e. The van der Waals surface area contributed by atoms with E-state index in [0.717, 1.165) is 38.5 Å². The van der Waals surface area contributed by atoms with Crippen molar-refractivity contribution in [2.24, 2.45) is 0 Å². The number of piperazine rings is 1. The van der Waals surface area contributed by atoms with Gasteiger partial charge in [-0.3, -0.25) is 9.80 Å². The molecule has 0 bridgehead atoms. The zero-order valence-corrected chi connectivity index (χ0v) is 18.2. The fourth-order valence-corrected chi connectivity index (χ4v) is 5.07. The van der Waals surface area contributed by atoms with Gasteiger partial charge in [0.05, 0.1) is 6.54 Å². The van der Waals surface area contributed by atoms with Gasteiger partial charge in [-0.25, -0.2) is 4.68 Å². The Hall–Kier alpha value is -2.87. The molecule has 1 saturated heterocycles. The van der Waals surface area contributed by atoms with Crippen LogP contribution in [-0.2, 0) is 13.1 Å². The van der Waals surface area contributed by atoms with Crippen molar-refractivity contribution in [3.63, 3.8) is 0 Å². The SMILES string of the molecule is c1ccc(CN2CCN(C(c3cccs3)c3nnnn3Cc3ccccc3)CC2)cc1. The zero-order chi connectivity index (χ0) is 20.9. The van der Waals surface area contributed by atoms with Gasteiger partial charge in [-0.05, 0) is 33.0 Å². The average molecular weight is 431 g/mol. The summed E-state index contributed by atoms with van der Waals surface area (Å²) in [6.07, 6.45) is 0. The molecule has 2 aromatic carbocycles. The van der Waals surface area contributed by atoms with Crippen LogP contribution in [0.5, 0.6) is 0 Å². The van der Waals surface area contributed by atoms with Crippen molar-refractivity contribution in [2.75, 3.05) is 26.2 Å². The van der Waals surface area contributed by atoms with Gasteiger partial charge in [-0.1, -0.05) is 66.7 Å². The van der Waals surface area contributed by atoms with E-state index in [2.05, 4.69) is 97.4 Å². The summed E-state index contributed by atoms with van der Waals surface area (Å²) in [5.41, 5.74) is 2.58. The highest BCUT2D eigenvalue weighted by atomic mass is 32.1. The number of benzene rings is 2. The maximum absolute atomic E-state index is 4.48. The van der Waals surface area contributed by atoms with E-state index in [0.29, 0.717) is 6.54 Å². The van der Waals surface area contributed by atoms with Gasteiger partial charge in [0.1, 0.15) is 6.04 Å². The fourth-order valence-electron chi connectivity index (χ4n) is 4.21. The molecule has 7 heteroatoms. The van der Waals surface area contributed by atoms with Crippen LogP contribution in [0, 0.1) is 0 Å². The quantitative estimate of drug-likeness (QED) is 0.448. The molecule has 2 aromatic heterocycles. The van der Waals surface area contributed by atoms with Crippen LogP contribution in [-0.4, -0.2) is 56.2 Å². The Balaban J connectivity index is 1.34. The highest BCUT2D eigenvalue weighted by Crippen LogP contribution is 2.31. The van der Waals surface area contributed by atoms with Gasteiger partial charge in [0.25, 0.3) is 0 Å². The molecule has 0 spiro atoms. The first-order valence-corrected chi connectivity index (χ1v) is 11.6. The molecule has 1 unspecified atom stereocenters. The van der Waals surface area contributed by atoms with Crippen molar-refractivity contribution in [1.82, 2.24) is 30.0 Å². The largest absolute Gasteiger partial charge is 0.297 e. The molecule has 0 N–H and O–H groups in total. The first kappa shape index (κ1) is 20.1. The van der Waals surface area contributed by atoms with E-state index in [1.165, 1.54) is 16.0 Å². The fraction of sp³-hybridized carbons (Fsp3) is 0.292. The molecule has 5 rings (SSSR count). The number of hydrogen-bond acceptors (Lipinski definition) is 6. The van der Waals surface area contributed by atoms with Gasteiger partial charge in [0, 0.05) is 37.6 Å². The summed E-state index contributed by atoms with van der Waals surface area (Å²) >= 11 is 1.78. The van der Waals surface area contributed by atoms with Crippen LogP contribution in [0.4, 0.5) is 0 Å². The van der Waals surface area contributed by atoms with E-state index in [9.17, 15) is 0 Å². The van der Waals surface area contributed by atoms with Crippen LogP contribution >= 0.6 is 11.3 Å². The minimum atomic E-state index is 0.0811. The Labute approximate surface area is 186 Å². The van der Waals surface area contributed by atoms with Crippen LogP contribution < -0.4 is 0 Å². The summed E-state index contributed by atoms with van der Waals surface area (Å²) in [6.45, 7) is 5.75. The van der Waals surface area contributed by atoms with Crippen molar-refractivity contribution >= 4 is 11.3 Å². The van der Waals surface area contributed by atoms with Gasteiger partial charge in [-0.2, -0.15) is 0 Å². The lowest BCUT2D eigenvalue weighted by Gasteiger charge is -2.38. The molecular weight excluding hydrogens is 404 g/mol. The van der Waals surface area contributed by atoms with Gasteiger partial charge < -0.3 is 0 Å². The number of tetrazole rings is 1. The molecule has 0 aliphatic carbocycles. The lowest BCUT2D eigenvalue weighted by Crippen LogP contribution is -2.47. The molecular formula is C24H26N6S. The van der Waals surface area contributed by atoms with Gasteiger partial charge in [-0.15, -0.1) is 16.4 Å². The molecule has 1 atom stereocenters. The predicted octanol–water partition coefficient (Wildman–Crippen LogP) is 3.69. The lowest BCUT2D eigenvalue weighted by atomic mass is 10.1. The summed E-state index contributed by atoms with van der Waals surface area (Å²) in [5, 5.41) is 15.0. The minimum Gasteiger partial charge on any atom is -0.297 e. The van der Waals surface area contributed by atoms with Crippen molar-refractivity contribution in [1.29, 1.82) is 0 Å². The first-order chi connectivity index (χ1) is 15.4. The van der Waals surface area contributed by atoms with Gasteiger partial charge >= 0.3 is 0 Å². The third-order valence-electron chi connectivity index (χ3n) is 5.81. The standard InChI is InChI=1S/C24H26N6S/c1-3-8-20(9-4-1)18-28-13-15-29(16-14-28)23(22-12-7-17-31-22)24-25-26-27-30(24)19-21-10-5-2-6-11-21/h1-12,17,23H,13-16,18-19H2. The topological polar surface area (TPSA) is 50.1 Å². The number of thiophene rings is 1. The van der Waals surface area contributed by atoms with Crippen LogP contribution in [0.15, 0.2) is 78.2 Å². The second kappa shape index (κ2) is 9.51. The second-order valence-electron chi connectivity index (χ2n) is 7.90. The van der Waals surface area contributed by atoms with E-state index in [1.54, 1.807) is 11.3 Å². The maximum atomic E-state index is 4.48. The third-order valence-corrected chi connectivity index (χ3v) is 6.74. The molecule has 1 aliphatic heterocycles. The Morgan fingerprint density at radius 2 is 1.45 bits per heavy atom. The van der Waals surface area contributed by atoms with Crippen LogP contribution in [0.2, 0.25) is 0 Å². The molecule has 3 heterocycles. The molecule has 1 aliphatic rings. The molecule has 6 nitrogen and oxygen atoms in total. The van der Waals surface area contributed by atoms with Crippen LogP contribution in [0.25, 0.3) is 0 Å². The van der Waals surface area contributed by atoms with Crippen molar-refractivity contribution < 1.29 is 0 Å². The first-order valence-electron chi connectivity index (χ1n) is 10.7. The van der Waals surface area contributed by atoms with Gasteiger partial charge in [0.2, 0.25) is 0 Å². The van der Waals surface area contributed by atoms with Crippen LogP contribution in [0.1, 0.15) is 27.9 Å². The summed E-state index contributed by atoms with van der Waals surface area (Å²) in [6, 6.07) is 25.5. The Morgan fingerprint density at radius 1 is 0.774 bits per heavy atom. The number of aromatic nitrogens is 4. The predicted molar refractivity (Wildman–Crippen MR) is 123 cm³/mol. The highest BCUT2D eigenvalue weighted by molar-refractivity contribution is 7.10. The Kier molecular flexibility index (Phi) is 6.15. The molecule has 0 amide bonds. The summed E-state index contributed by atoms with van der Waals surface area (Å²) in [5.74, 6) is 0.919. The molecule has 0 radical (unpaired) electrons. The van der Waals surface area contributed by atoms with Gasteiger partial charge in [0.15, 0.2) is 5.82 Å². The number of nitrogens with zero attached hydrogens (tertiary/aromatic N) is 6. The summed E-state index contributed by atoms with van der Waals surface area (Å²) in [7, 11) is 0.